The van der Waals surface area contributed by atoms with Crippen molar-refractivity contribution < 1.29 is 23.8 Å². The van der Waals surface area contributed by atoms with Gasteiger partial charge in [-0.2, -0.15) is 0 Å². The number of carbonyl (C=O) groups excluding carboxylic acids is 2. The Morgan fingerprint density at radius 3 is 2.51 bits per heavy atom. The van der Waals surface area contributed by atoms with Crippen LogP contribution < -0.4 is 27.2 Å². The van der Waals surface area contributed by atoms with Gasteiger partial charge in [0.2, 0.25) is 5.82 Å². The lowest BCUT2D eigenvalue weighted by atomic mass is 10.1. The van der Waals surface area contributed by atoms with Gasteiger partial charge in [-0.15, -0.1) is 0 Å². The predicted molar refractivity (Wildman–Crippen MR) is 146 cm³/mol. The number of para-hydroxylation sites is 2. The van der Waals surface area contributed by atoms with E-state index < -0.39 is 17.6 Å². The number of aromatic nitrogens is 2. The number of amidine groups is 1. The second kappa shape index (κ2) is 12.6. The fraction of sp³-hybridized carbons (Fsp3) is 0.0800. The van der Waals surface area contributed by atoms with E-state index in [9.17, 15) is 19.2 Å². The molecule has 0 atom stereocenters. The van der Waals surface area contributed by atoms with E-state index in [0.29, 0.717) is 22.6 Å². The number of rotatable bonds is 9. The molecule has 39 heavy (non-hydrogen) atoms. The van der Waals surface area contributed by atoms with Crippen molar-refractivity contribution in [2.24, 2.45) is 4.99 Å². The summed E-state index contributed by atoms with van der Waals surface area (Å²) in [4.78, 5) is 29.4. The zero-order chi connectivity index (χ0) is 27.8. The largest absolute Gasteiger partial charge is 0.397 e. The van der Waals surface area contributed by atoms with Crippen LogP contribution in [0, 0.1) is 5.82 Å². The van der Waals surface area contributed by atoms with Crippen LogP contribution in [0.25, 0.3) is 0 Å². The van der Waals surface area contributed by atoms with E-state index >= 15 is 0 Å². The second-order valence-electron chi connectivity index (χ2n) is 7.94. The molecule has 0 unspecified atom stereocenters. The summed E-state index contributed by atoms with van der Waals surface area (Å²) < 4.78 is 18.4. The fourth-order valence-corrected chi connectivity index (χ4v) is 3.71. The average Bonchev–Trinajstić information content (AvgIpc) is 3.41. The van der Waals surface area contributed by atoms with Gasteiger partial charge in [0.1, 0.15) is 5.82 Å². The number of nitrogens with zero attached hydrogens (tertiary/aromatic N) is 3. The molecule has 200 valence electrons. The van der Waals surface area contributed by atoms with Crippen molar-refractivity contribution >= 4 is 56.5 Å². The van der Waals surface area contributed by atoms with Crippen molar-refractivity contribution in [3.8, 4) is 0 Å². The number of amides is 2. The number of nitrogens with one attached hydrogen (secondary N) is 4. The first kappa shape index (κ1) is 27.2. The van der Waals surface area contributed by atoms with Crippen molar-refractivity contribution in [3.05, 3.63) is 93.8 Å². The maximum absolute atomic E-state index is 13.5. The third kappa shape index (κ3) is 6.94. The van der Waals surface area contributed by atoms with Gasteiger partial charge >= 0.3 is 0 Å². The van der Waals surface area contributed by atoms with Crippen LogP contribution in [0.2, 0.25) is 0 Å². The zero-order valence-electron chi connectivity index (χ0n) is 20.1. The molecule has 0 spiro atoms. The van der Waals surface area contributed by atoms with E-state index in [2.05, 4.69) is 47.2 Å². The maximum Gasteiger partial charge on any atom is 0.255 e. The number of hydrogen-bond acceptors (Lipinski definition) is 9. The quantitative estimate of drug-likeness (QED) is 0.0552. The number of anilines is 3. The van der Waals surface area contributed by atoms with Crippen LogP contribution in [0.1, 0.15) is 26.4 Å². The molecule has 0 saturated carbocycles. The lowest BCUT2D eigenvalue weighted by Crippen LogP contribution is -2.29. The normalized spacial score (nSPS) is 11.1. The van der Waals surface area contributed by atoms with E-state index in [1.165, 1.54) is 24.3 Å². The summed E-state index contributed by atoms with van der Waals surface area (Å²) in [5, 5.41) is 25.4. The summed E-state index contributed by atoms with van der Waals surface area (Å²) in [6, 6.07) is 17.1. The van der Waals surface area contributed by atoms with Gasteiger partial charge in [0.05, 0.1) is 21.5 Å². The Hall–Kier alpha value is -4.82. The molecule has 1 heterocycles. The Bertz CT molecular complexity index is 1530. The summed E-state index contributed by atoms with van der Waals surface area (Å²) in [5.41, 5.74) is 9.65. The predicted octanol–water partition coefficient (Wildman–Crippen LogP) is 3.70. The summed E-state index contributed by atoms with van der Waals surface area (Å²) >= 11 is 3.07. The third-order valence-electron chi connectivity index (χ3n) is 5.26. The van der Waals surface area contributed by atoms with Crippen LogP contribution in [0.15, 0.2) is 80.8 Å². The van der Waals surface area contributed by atoms with Crippen LogP contribution in [0.5, 0.6) is 0 Å². The molecule has 0 aliphatic heterocycles. The summed E-state index contributed by atoms with van der Waals surface area (Å²) in [6.45, 7) is 0.382. The number of nitrogen functional groups attached to an aromatic ring is 1. The number of hydroxylamine groups is 1. The number of halogens is 2. The van der Waals surface area contributed by atoms with Gasteiger partial charge in [0, 0.05) is 24.2 Å². The standard InChI is InChI=1S/C25H22BrFN8O4/c26-17-13-16(8-9-18(17)27)31-23(33-38)21-22(35-39-34-21)29-10-11-30-24(36)14-4-3-5-15(12-14)25(37)32-20-7-2-1-6-19(20)28/h1-9,12-13,38H,10-11,28H2,(H,29,35)(H,30,36)(H,31,33)(H,32,37). The minimum absolute atomic E-state index is 0.0574. The lowest BCUT2D eigenvalue weighted by molar-refractivity contribution is 0.0955. The Balaban J connectivity index is 1.34. The van der Waals surface area contributed by atoms with Gasteiger partial charge < -0.3 is 21.7 Å². The number of benzene rings is 3. The molecule has 0 aliphatic carbocycles. The summed E-state index contributed by atoms with van der Waals surface area (Å²) in [6.07, 6.45) is 0. The lowest BCUT2D eigenvalue weighted by Gasteiger charge is -2.10. The van der Waals surface area contributed by atoms with Crippen molar-refractivity contribution in [2.75, 3.05) is 29.5 Å². The maximum atomic E-state index is 13.5. The third-order valence-corrected chi connectivity index (χ3v) is 5.87. The van der Waals surface area contributed by atoms with Gasteiger partial charge in [0.25, 0.3) is 11.8 Å². The monoisotopic (exact) mass is 596 g/mol. The van der Waals surface area contributed by atoms with E-state index in [0.717, 1.165) is 0 Å². The summed E-state index contributed by atoms with van der Waals surface area (Å²) in [7, 11) is 0. The number of carbonyl (C=O) groups is 2. The highest BCUT2D eigenvalue weighted by Gasteiger charge is 2.17. The van der Waals surface area contributed by atoms with E-state index in [4.69, 9.17) is 10.4 Å². The first-order chi connectivity index (χ1) is 18.9. The molecule has 3 aromatic carbocycles. The van der Waals surface area contributed by atoms with Crippen LogP contribution in [0.4, 0.5) is 27.3 Å². The molecule has 0 saturated heterocycles. The topological polar surface area (TPSA) is 180 Å². The Kier molecular flexibility index (Phi) is 8.81. The van der Waals surface area contributed by atoms with E-state index in [-0.39, 0.29) is 40.5 Å². The molecule has 14 heteroatoms. The second-order valence-corrected chi connectivity index (χ2v) is 8.79. The molecular weight excluding hydrogens is 575 g/mol. The molecular formula is C25H22BrFN8O4. The minimum atomic E-state index is -0.465. The van der Waals surface area contributed by atoms with Crippen molar-refractivity contribution in [3.63, 3.8) is 0 Å². The van der Waals surface area contributed by atoms with Gasteiger partial charge in [-0.3, -0.25) is 20.3 Å². The number of aliphatic imine (C=N–C) groups is 1. The molecule has 4 rings (SSSR count). The van der Waals surface area contributed by atoms with E-state index in [1.807, 2.05) is 5.48 Å². The molecule has 1 aromatic heterocycles. The Morgan fingerprint density at radius 2 is 1.77 bits per heavy atom. The fourth-order valence-electron chi connectivity index (χ4n) is 3.34. The molecule has 0 aliphatic rings. The van der Waals surface area contributed by atoms with Gasteiger partial charge in [-0.25, -0.2) is 14.0 Å². The molecule has 4 aromatic rings. The minimum Gasteiger partial charge on any atom is -0.397 e. The summed E-state index contributed by atoms with van der Waals surface area (Å²) in [5.74, 6) is -1.23. The smallest absolute Gasteiger partial charge is 0.255 e. The SMILES string of the molecule is Nc1ccccc1NC(=O)c1cccc(C(=O)NCCNc2nonc2C(=Nc2ccc(F)c(Br)c2)NO)c1. The average molecular weight is 597 g/mol. The van der Waals surface area contributed by atoms with Crippen LogP contribution in [-0.4, -0.2) is 46.3 Å². The highest BCUT2D eigenvalue weighted by molar-refractivity contribution is 9.10. The number of hydrogen-bond donors (Lipinski definition) is 6. The van der Waals surface area contributed by atoms with Gasteiger partial charge in [-0.1, -0.05) is 18.2 Å². The highest BCUT2D eigenvalue weighted by atomic mass is 79.9. The van der Waals surface area contributed by atoms with Crippen LogP contribution in [-0.2, 0) is 0 Å². The molecule has 2 amide bonds. The molecule has 0 radical (unpaired) electrons. The van der Waals surface area contributed by atoms with Gasteiger partial charge in [-0.05, 0) is 74.8 Å². The number of nitrogens with two attached hydrogens (primary N) is 1. The zero-order valence-corrected chi connectivity index (χ0v) is 21.7. The first-order valence-corrected chi connectivity index (χ1v) is 12.2. The van der Waals surface area contributed by atoms with Gasteiger partial charge in [0.15, 0.2) is 11.5 Å². The Labute approximate surface area is 229 Å². The highest BCUT2D eigenvalue weighted by Crippen LogP contribution is 2.23. The van der Waals surface area contributed by atoms with Crippen molar-refractivity contribution in [1.82, 2.24) is 21.1 Å². The molecule has 0 fully saturated rings. The first-order valence-electron chi connectivity index (χ1n) is 11.4. The molecule has 0 bridgehead atoms. The van der Waals surface area contributed by atoms with Crippen molar-refractivity contribution in [1.29, 1.82) is 0 Å². The molecule has 7 N–H and O–H groups in total. The van der Waals surface area contributed by atoms with Crippen LogP contribution >= 0.6 is 15.9 Å². The van der Waals surface area contributed by atoms with Crippen LogP contribution in [0.3, 0.4) is 0 Å². The molecule has 12 nitrogen and oxygen atoms in total. The van der Waals surface area contributed by atoms with Crippen molar-refractivity contribution in [2.45, 2.75) is 0 Å². The van der Waals surface area contributed by atoms with E-state index in [1.54, 1.807) is 42.5 Å². The Morgan fingerprint density at radius 1 is 1.00 bits per heavy atom.